The van der Waals surface area contributed by atoms with Crippen LogP contribution in [-0.4, -0.2) is 27.9 Å². The highest BCUT2D eigenvalue weighted by Gasteiger charge is 2.10. The van der Waals surface area contributed by atoms with Crippen molar-refractivity contribution in [3.05, 3.63) is 70.8 Å². The fourth-order valence-corrected chi connectivity index (χ4v) is 3.42. The van der Waals surface area contributed by atoms with Crippen molar-refractivity contribution in [2.75, 3.05) is 6.61 Å². The van der Waals surface area contributed by atoms with Gasteiger partial charge in [0.05, 0.1) is 17.7 Å². The molecule has 2 aromatic rings. The van der Waals surface area contributed by atoms with Gasteiger partial charge in [0, 0.05) is 22.3 Å². The molecule has 6 heteroatoms. The molecular weight excluding hydrogens is 328 g/mol. The van der Waals surface area contributed by atoms with Crippen molar-refractivity contribution < 1.29 is 23.6 Å². The lowest BCUT2D eigenvalue weighted by Gasteiger charge is -2.06. The van der Waals surface area contributed by atoms with Crippen LogP contribution in [0, 0.1) is 0 Å². The van der Waals surface area contributed by atoms with Gasteiger partial charge in [-0.15, -0.1) is 0 Å². The van der Waals surface area contributed by atoms with E-state index in [9.17, 15) is 13.8 Å². The minimum Gasteiger partial charge on any atom is -0.478 e. The van der Waals surface area contributed by atoms with E-state index in [0.717, 1.165) is 5.56 Å². The summed E-state index contributed by atoms with van der Waals surface area (Å²) in [5.41, 5.74) is 2.08. The van der Waals surface area contributed by atoms with Crippen LogP contribution in [0.1, 0.15) is 38.8 Å². The normalized spacial score (nSPS) is 11.7. The van der Waals surface area contributed by atoms with Gasteiger partial charge in [-0.3, -0.25) is 4.21 Å². The van der Waals surface area contributed by atoms with Crippen LogP contribution in [0.3, 0.4) is 0 Å². The largest absolute Gasteiger partial charge is 0.478 e. The van der Waals surface area contributed by atoms with Crippen molar-refractivity contribution in [1.29, 1.82) is 0 Å². The Bertz CT molecular complexity index is 770. The summed E-state index contributed by atoms with van der Waals surface area (Å²) >= 11 is 0. The number of carbonyl (C=O) groups is 2. The quantitative estimate of drug-likeness (QED) is 0.780. The molecule has 5 nitrogen and oxygen atoms in total. The Morgan fingerprint density at radius 1 is 1.00 bits per heavy atom. The molecule has 0 saturated heterocycles. The van der Waals surface area contributed by atoms with E-state index in [0.29, 0.717) is 17.7 Å². The van der Waals surface area contributed by atoms with Crippen molar-refractivity contribution in [2.24, 2.45) is 0 Å². The number of esters is 1. The number of carbonyl (C=O) groups excluding carboxylic acids is 1. The van der Waals surface area contributed by atoms with Crippen molar-refractivity contribution in [1.82, 2.24) is 0 Å². The fraction of sp³-hybridized carbons (Fsp3) is 0.222. The number of hydrogen-bond acceptors (Lipinski definition) is 4. The second-order valence-electron chi connectivity index (χ2n) is 5.15. The number of carboxylic acid groups (broad SMARTS) is 1. The van der Waals surface area contributed by atoms with E-state index in [-0.39, 0.29) is 17.1 Å². The molecule has 1 atom stereocenters. The summed E-state index contributed by atoms with van der Waals surface area (Å²) in [6, 6.07) is 13.3. The average molecular weight is 346 g/mol. The highest BCUT2D eigenvalue weighted by Crippen LogP contribution is 2.13. The molecule has 0 radical (unpaired) electrons. The number of aromatic carboxylic acids is 1. The molecule has 0 spiro atoms. The first-order valence-electron chi connectivity index (χ1n) is 7.43. The summed E-state index contributed by atoms with van der Waals surface area (Å²) < 4.78 is 17.3. The first-order chi connectivity index (χ1) is 11.5. The average Bonchev–Trinajstić information content (AvgIpc) is 2.55. The topological polar surface area (TPSA) is 80.7 Å². The molecule has 0 fully saturated rings. The van der Waals surface area contributed by atoms with Crippen LogP contribution in [0.5, 0.6) is 0 Å². The second kappa shape index (κ2) is 8.40. The predicted octanol–water partition coefficient (Wildman–Crippen LogP) is 3.01. The molecule has 126 valence electrons. The van der Waals surface area contributed by atoms with Gasteiger partial charge < -0.3 is 9.84 Å². The molecule has 2 aromatic carbocycles. The van der Waals surface area contributed by atoms with E-state index < -0.39 is 22.7 Å². The first-order valence-corrected chi connectivity index (χ1v) is 8.91. The maximum atomic E-state index is 12.3. The van der Waals surface area contributed by atoms with Gasteiger partial charge in [0.2, 0.25) is 0 Å². The van der Waals surface area contributed by atoms with Gasteiger partial charge in [-0.05, 0) is 42.3 Å². The minimum absolute atomic E-state index is 0.175. The Morgan fingerprint density at radius 2 is 1.54 bits per heavy atom. The third-order valence-electron chi connectivity index (χ3n) is 3.27. The van der Waals surface area contributed by atoms with Crippen molar-refractivity contribution in [3.8, 4) is 0 Å². The summed E-state index contributed by atoms with van der Waals surface area (Å²) in [6.45, 7) is 2.04. The Balaban J connectivity index is 2.05. The van der Waals surface area contributed by atoms with E-state index in [1.807, 2.05) is 0 Å². The highest BCUT2D eigenvalue weighted by molar-refractivity contribution is 7.83. The molecule has 24 heavy (non-hydrogen) atoms. The van der Waals surface area contributed by atoms with Gasteiger partial charge in [-0.2, -0.15) is 0 Å². The molecular formula is C18H18O5S. The number of hydrogen-bond donors (Lipinski definition) is 1. The highest BCUT2D eigenvalue weighted by atomic mass is 32.2. The van der Waals surface area contributed by atoms with Crippen LogP contribution in [0.15, 0.2) is 48.5 Å². The van der Waals surface area contributed by atoms with Crippen LogP contribution < -0.4 is 0 Å². The molecule has 0 saturated carbocycles. The third-order valence-corrected chi connectivity index (χ3v) is 4.58. The number of rotatable bonds is 7. The van der Waals surface area contributed by atoms with Crippen LogP contribution in [0.4, 0.5) is 0 Å². The molecule has 1 N–H and O–H groups in total. The standard InChI is InChI=1S/C18H18O5S/c1-2-23-18(21)16-8-4-6-14(10-16)12-24(22)11-13-5-3-7-15(9-13)17(19)20/h3-10H,2,11-12H2,1H3,(H,19,20). The molecule has 0 bridgehead atoms. The Morgan fingerprint density at radius 3 is 2.08 bits per heavy atom. The van der Waals surface area contributed by atoms with Crippen LogP contribution >= 0.6 is 0 Å². The van der Waals surface area contributed by atoms with E-state index >= 15 is 0 Å². The zero-order valence-corrected chi connectivity index (χ0v) is 14.0. The third kappa shape index (κ3) is 5.03. The summed E-state index contributed by atoms with van der Waals surface area (Å²) in [5, 5.41) is 8.99. The van der Waals surface area contributed by atoms with E-state index in [4.69, 9.17) is 9.84 Å². The maximum Gasteiger partial charge on any atom is 0.338 e. The molecule has 0 amide bonds. The summed E-state index contributed by atoms with van der Waals surface area (Å²) in [5.74, 6) is -0.876. The van der Waals surface area contributed by atoms with Gasteiger partial charge in [0.1, 0.15) is 0 Å². The lowest BCUT2D eigenvalue weighted by molar-refractivity contribution is 0.0525. The zero-order valence-electron chi connectivity index (χ0n) is 13.2. The predicted molar refractivity (Wildman–Crippen MR) is 91.4 cm³/mol. The van der Waals surface area contributed by atoms with E-state index in [1.165, 1.54) is 12.1 Å². The van der Waals surface area contributed by atoms with E-state index in [2.05, 4.69) is 0 Å². The van der Waals surface area contributed by atoms with Gasteiger partial charge >= 0.3 is 11.9 Å². The van der Waals surface area contributed by atoms with Gasteiger partial charge in [0.15, 0.2) is 0 Å². The number of benzene rings is 2. The fourth-order valence-electron chi connectivity index (χ4n) is 2.22. The van der Waals surface area contributed by atoms with Crippen molar-refractivity contribution in [3.63, 3.8) is 0 Å². The molecule has 1 unspecified atom stereocenters. The minimum atomic E-state index is -1.21. The summed E-state index contributed by atoms with van der Waals surface area (Å²) in [6.07, 6.45) is 0. The Labute approximate surface area is 142 Å². The monoisotopic (exact) mass is 346 g/mol. The van der Waals surface area contributed by atoms with Gasteiger partial charge in [-0.25, -0.2) is 9.59 Å². The molecule has 0 heterocycles. The number of ether oxygens (including phenoxy) is 1. The smallest absolute Gasteiger partial charge is 0.338 e. The molecule has 0 aliphatic rings. The molecule has 0 aliphatic carbocycles. The van der Waals surface area contributed by atoms with Crippen LogP contribution in [0.25, 0.3) is 0 Å². The summed E-state index contributed by atoms with van der Waals surface area (Å²) in [4.78, 5) is 22.7. The first kappa shape index (κ1) is 17.9. The lowest BCUT2D eigenvalue weighted by atomic mass is 10.1. The maximum absolute atomic E-state index is 12.3. The number of carboxylic acids is 1. The SMILES string of the molecule is CCOC(=O)c1cccc(CS(=O)Cc2cccc(C(=O)O)c2)c1. The van der Waals surface area contributed by atoms with Crippen molar-refractivity contribution >= 4 is 22.7 Å². The van der Waals surface area contributed by atoms with E-state index in [1.54, 1.807) is 43.3 Å². The molecule has 2 rings (SSSR count). The zero-order chi connectivity index (χ0) is 17.5. The van der Waals surface area contributed by atoms with Gasteiger partial charge in [-0.1, -0.05) is 24.3 Å². The second-order valence-corrected chi connectivity index (χ2v) is 6.61. The van der Waals surface area contributed by atoms with Crippen LogP contribution in [0.2, 0.25) is 0 Å². The van der Waals surface area contributed by atoms with Crippen LogP contribution in [-0.2, 0) is 27.0 Å². The van der Waals surface area contributed by atoms with Crippen molar-refractivity contribution in [2.45, 2.75) is 18.4 Å². The summed E-state index contributed by atoms with van der Waals surface area (Å²) in [7, 11) is -1.21. The molecule has 0 aromatic heterocycles. The molecule has 0 aliphatic heterocycles. The lowest BCUT2D eigenvalue weighted by Crippen LogP contribution is -2.06. The Kier molecular flexibility index (Phi) is 6.26. The Hall–Kier alpha value is -2.47. The van der Waals surface area contributed by atoms with Gasteiger partial charge in [0.25, 0.3) is 0 Å².